The van der Waals surface area contributed by atoms with E-state index in [1.165, 1.54) is 4.90 Å². The van der Waals surface area contributed by atoms with Crippen LogP contribution in [0.5, 0.6) is 0 Å². The van der Waals surface area contributed by atoms with Gasteiger partial charge in [-0.15, -0.1) is 0 Å². The molecule has 0 aromatic rings. The summed E-state index contributed by atoms with van der Waals surface area (Å²) >= 11 is 0. The van der Waals surface area contributed by atoms with Crippen molar-refractivity contribution in [3.63, 3.8) is 0 Å². The lowest BCUT2D eigenvalue weighted by Crippen LogP contribution is -2.47. The van der Waals surface area contributed by atoms with Crippen LogP contribution in [0.2, 0.25) is 0 Å². The Morgan fingerprint density at radius 2 is 1.79 bits per heavy atom. The van der Waals surface area contributed by atoms with Crippen molar-refractivity contribution in [1.29, 1.82) is 0 Å². The first kappa shape index (κ1) is 13.8. The van der Waals surface area contributed by atoms with E-state index in [0.29, 0.717) is 0 Å². The molecule has 1 aliphatic heterocycles. The van der Waals surface area contributed by atoms with Crippen molar-refractivity contribution < 1.29 is 24.6 Å². The molecule has 1 saturated heterocycles. The minimum absolute atomic E-state index is 0.0294. The first-order chi connectivity index (χ1) is 9.00. The minimum atomic E-state index is -1.02. The predicted molar refractivity (Wildman–Crippen MR) is 65.5 cm³/mol. The molecule has 1 saturated carbocycles. The van der Waals surface area contributed by atoms with Gasteiger partial charge in [-0.05, 0) is 18.8 Å². The molecule has 6 nitrogen and oxygen atoms in total. The van der Waals surface area contributed by atoms with Gasteiger partial charge in [-0.2, -0.15) is 0 Å². The molecule has 106 valence electrons. The second-order valence-corrected chi connectivity index (χ2v) is 5.47. The molecule has 0 radical (unpaired) electrons. The highest BCUT2D eigenvalue weighted by Crippen LogP contribution is 2.32. The first-order valence-electron chi connectivity index (χ1n) is 6.75. The fourth-order valence-corrected chi connectivity index (χ4v) is 3.21. The smallest absolute Gasteiger partial charge is 0.326 e. The maximum absolute atomic E-state index is 11.9. The molecule has 2 rings (SSSR count). The van der Waals surface area contributed by atoms with Crippen molar-refractivity contribution in [3.05, 3.63) is 0 Å². The van der Waals surface area contributed by atoms with E-state index in [9.17, 15) is 19.5 Å². The summed E-state index contributed by atoms with van der Waals surface area (Å²) in [5.41, 5.74) is 0. The number of carboxylic acid groups (broad SMARTS) is 2. The lowest BCUT2D eigenvalue weighted by molar-refractivity contribution is -0.151. The summed E-state index contributed by atoms with van der Waals surface area (Å²) < 4.78 is 0. The summed E-state index contributed by atoms with van der Waals surface area (Å²) in [5.74, 6) is -3.18. The Balaban J connectivity index is 2.13. The molecule has 1 unspecified atom stereocenters. The van der Waals surface area contributed by atoms with Crippen molar-refractivity contribution >= 4 is 17.8 Å². The Kier molecular flexibility index (Phi) is 4.07. The molecular weight excluding hydrogens is 250 g/mol. The number of rotatable bonds is 4. The van der Waals surface area contributed by atoms with Crippen LogP contribution in [0.1, 0.15) is 38.5 Å². The van der Waals surface area contributed by atoms with Crippen molar-refractivity contribution in [1.82, 2.24) is 4.90 Å². The molecule has 1 aliphatic carbocycles. The van der Waals surface area contributed by atoms with E-state index < -0.39 is 23.9 Å². The van der Waals surface area contributed by atoms with Gasteiger partial charge in [-0.25, -0.2) is 4.79 Å². The van der Waals surface area contributed by atoms with Crippen molar-refractivity contribution in [3.8, 4) is 0 Å². The van der Waals surface area contributed by atoms with Crippen LogP contribution in [0.3, 0.4) is 0 Å². The lowest BCUT2D eigenvalue weighted by atomic mass is 9.83. The number of carboxylic acids is 2. The van der Waals surface area contributed by atoms with Crippen LogP contribution in [0, 0.1) is 11.8 Å². The summed E-state index contributed by atoms with van der Waals surface area (Å²) in [6.45, 7) is 0.0294. The monoisotopic (exact) mass is 269 g/mol. The Morgan fingerprint density at radius 1 is 1.16 bits per heavy atom. The average molecular weight is 269 g/mol. The van der Waals surface area contributed by atoms with Gasteiger partial charge in [0, 0.05) is 13.0 Å². The topological polar surface area (TPSA) is 94.9 Å². The highest BCUT2D eigenvalue weighted by atomic mass is 16.4. The van der Waals surface area contributed by atoms with Crippen LogP contribution in [0.4, 0.5) is 0 Å². The van der Waals surface area contributed by atoms with Crippen LogP contribution in [-0.4, -0.2) is 45.5 Å². The maximum atomic E-state index is 11.9. The van der Waals surface area contributed by atoms with Gasteiger partial charge in [-0.1, -0.05) is 19.3 Å². The molecule has 2 atom stereocenters. The quantitative estimate of drug-likeness (QED) is 0.792. The predicted octanol–water partition coefficient (Wildman–Crippen LogP) is 0.953. The standard InChI is InChI=1S/C13H19NO5/c15-10-6-9(12(16)17)7-14(10)11(13(18)19)8-4-2-1-3-5-8/h8-9,11H,1-7H2,(H,16,17)(H,18,19)/t9?,11-/m0/s1. The summed E-state index contributed by atoms with van der Waals surface area (Å²) in [6.07, 6.45) is 4.61. The van der Waals surface area contributed by atoms with Crippen LogP contribution in [0.15, 0.2) is 0 Å². The Hall–Kier alpha value is -1.59. The van der Waals surface area contributed by atoms with Crippen LogP contribution < -0.4 is 0 Å². The van der Waals surface area contributed by atoms with E-state index in [2.05, 4.69) is 0 Å². The van der Waals surface area contributed by atoms with Gasteiger partial charge in [-0.3, -0.25) is 9.59 Å². The molecule has 1 heterocycles. The Morgan fingerprint density at radius 3 is 2.26 bits per heavy atom. The Labute approximate surface area is 111 Å². The third-order valence-corrected chi connectivity index (χ3v) is 4.19. The summed E-state index contributed by atoms with van der Waals surface area (Å²) in [4.78, 5) is 35.6. The number of hydrogen-bond donors (Lipinski definition) is 2. The molecule has 19 heavy (non-hydrogen) atoms. The van der Waals surface area contributed by atoms with E-state index in [1.54, 1.807) is 0 Å². The molecule has 2 aliphatic rings. The second kappa shape index (κ2) is 5.59. The maximum Gasteiger partial charge on any atom is 0.326 e. The van der Waals surface area contributed by atoms with Gasteiger partial charge in [0.05, 0.1) is 5.92 Å². The number of amides is 1. The zero-order valence-corrected chi connectivity index (χ0v) is 10.7. The number of carbonyl (C=O) groups excluding carboxylic acids is 1. The fourth-order valence-electron chi connectivity index (χ4n) is 3.21. The van der Waals surface area contributed by atoms with E-state index in [-0.39, 0.29) is 24.8 Å². The van der Waals surface area contributed by atoms with Crippen LogP contribution in [-0.2, 0) is 14.4 Å². The SMILES string of the molecule is O=C(O)C1CC(=O)N([C@H](C(=O)O)C2CCCCC2)C1. The molecule has 0 bridgehead atoms. The average Bonchev–Trinajstić information content (AvgIpc) is 2.73. The van der Waals surface area contributed by atoms with E-state index in [4.69, 9.17) is 5.11 Å². The number of aliphatic carboxylic acids is 2. The number of hydrogen-bond acceptors (Lipinski definition) is 3. The summed E-state index contributed by atoms with van der Waals surface area (Å²) in [7, 11) is 0. The zero-order valence-electron chi connectivity index (χ0n) is 10.7. The van der Waals surface area contributed by atoms with E-state index >= 15 is 0 Å². The first-order valence-corrected chi connectivity index (χ1v) is 6.75. The molecule has 2 N–H and O–H groups in total. The second-order valence-electron chi connectivity index (χ2n) is 5.47. The lowest BCUT2D eigenvalue weighted by Gasteiger charge is -2.33. The number of likely N-dealkylation sites (tertiary alicyclic amines) is 1. The molecular formula is C13H19NO5. The molecule has 6 heteroatoms. The van der Waals surface area contributed by atoms with Crippen molar-refractivity contribution in [2.24, 2.45) is 11.8 Å². The summed E-state index contributed by atoms with van der Waals surface area (Å²) in [5, 5.41) is 18.3. The summed E-state index contributed by atoms with van der Waals surface area (Å²) in [6, 6.07) is -0.850. The zero-order chi connectivity index (χ0) is 14.0. The number of carbonyl (C=O) groups is 3. The molecule has 0 spiro atoms. The molecule has 2 fully saturated rings. The van der Waals surface area contributed by atoms with Gasteiger partial charge in [0.2, 0.25) is 5.91 Å². The van der Waals surface area contributed by atoms with E-state index in [0.717, 1.165) is 32.1 Å². The molecule has 0 aromatic heterocycles. The third kappa shape index (κ3) is 2.88. The minimum Gasteiger partial charge on any atom is -0.481 e. The fraction of sp³-hybridized carbons (Fsp3) is 0.769. The van der Waals surface area contributed by atoms with Gasteiger partial charge in [0.25, 0.3) is 0 Å². The third-order valence-electron chi connectivity index (χ3n) is 4.19. The Bertz CT molecular complexity index is 388. The molecule has 1 amide bonds. The van der Waals surface area contributed by atoms with Gasteiger partial charge < -0.3 is 15.1 Å². The van der Waals surface area contributed by atoms with Crippen molar-refractivity contribution in [2.45, 2.75) is 44.6 Å². The van der Waals surface area contributed by atoms with Gasteiger partial charge >= 0.3 is 11.9 Å². The van der Waals surface area contributed by atoms with E-state index in [1.807, 2.05) is 0 Å². The highest BCUT2D eigenvalue weighted by Gasteiger charge is 2.43. The number of nitrogens with zero attached hydrogens (tertiary/aromatic N) is 1. The van der Waals surface area contributed by atoms with Crippen LogP contribution in [0.25, 0.3) is 0 Å². The van der Waals surface area contributed by atoms with Gasteiger partial charge in [0.15, 0.2) is 0 Å². The highest BCUT2D eigenvalue weighted by molar-refractivity contribution is 5.89. The van der Waals surface area contributed by atoms with Crippen LogP contribution >= 0.6 is 0 Å². The van der Waals surface area contributed by atoms with Gasteiger partial charge in [0.1, 0.15) is 6.04 Å². The normalized spacial score (nSPS) is 26.4. The largest absolute Gasteiger partial charge is 0.481 e. The van der Waals surface area contributed by atoms with Crippen molar-refractivity contribution in [2.75, 3.05) is 6.54 Å². The molecule has 0 aromatic carbocycles.